The molecule has 0 aromatic heterocycles. The zero-order valence-corrected chi connectivity index (χ0v) is 9.49. The van der Waals surface area contributed by atoms with Crippen LogP contribution >= 0.6 is 0 Å². The second-order valence-electron chi connectivity index (χ2n) is 4.62. The van der Waals surface area contributed by atoms with Crippen molar-refractivity contribution in [1.29, 1.82) is 0 Å². The van der Waals surface area contributed by atoms with Crippen molar-refractivity contribution in [2.75, 3.05) is 6.61 Å². The van der Waals surface area contributed by atoms with E-state index in [1.54, 1.807) is 0 Å². The van der Waals surface area contributed by atoms with Crippen LogP contribution in [0.4, 0.5) is 0 Å². The van der Waals surface area contributed by atoms with Gasteiger partial charge in [-0.3, -0.25) is 4.79 Å². The minimum Gasteiger partial charge on any atom is -0.465 e. The third-order valence-corrected chi connectivity index (χ3v) is 2.74. The van der Waals surface area contributed by atoms with E-state index in [1.807, 2.05) is 0 Å². The minimum atomic E-state index is -0.0293. The van der Waals surface area contributed by atoms with Crippen molar-refractivity contribution in [2.24, 2.45) is 23.7 Å². The zero-order chi connectivity index (χ0) is 10.7. The van der Waals surface area contributed by atoms with Crippen LogP contribution < -0.4 is 0 Å². The Morgan fingerprint density at radius 2 is 2.00 bits per heavy atom. The third kappa shape index (κ3) is 2.60. The van der Waals surface area contributed by atoms with Crippen LogP contribution in [0, 0.1) is 23.7 Å². The topological polar surface area (TPSA) is 26.3 Å². The molecule has 2 nitrogen and oxygen atoms in total. The van der Waals surface area contributed by atoms with Gasteiger partial charge in [-0.25, -0.2) is 0 Å². The first-order valence-corrected chi connectivity index (χ1v) is 5.37. The largest absolute Gasteiger partial charge is 0.465 e. The third-order valence-electron chi connectivity index (χ3n) is 2.74. The highest BCUT2D eigenvalue weighted by molar-refractivity contribution is 5.75. The first-order chi connectivity index (χ1) is 6.52. The summed E-state index contributed by atoms with van der Waals surface area (Å²) in [7, 11) is 0. The second kappa shape index (κ2) is 4.63. The predicted octanol–water partition coefficient (Wildman–Crippen LogP) is 2.64. The summed E-state index contributed by atoms with van der Waals surface area (Å²) in [5, 5.41) is 0. The molecule has 14 heavy (non-hydrogen) atoms. The van der Waals surface area contributed by atoms with E-state index in [4.69, 9.17) is 4.74 Å². The Bertz CT molecular complexity index is 230. The van der Waals surface area contributed by atoms with E-state index < -0.39 is 0 Å². The molecule has 1 fully saturated rings. The average molecular weight is 196 g/mol. The maximum atomic E-state index is 11.4. The van der Waals surface area contributed by atoms with Gasteiger partial charge in [0.1, 0.15) is 0 Å². The summed E-state index contributed by atoms with van der Waals surface area (Å²) in [6, 6.07) is 0. The molecule has 0 bridgehead atoms. The molecule has 0 amide bonds. The highest BCUT2D eigenvalue weighted by Gasteiger charge is 2.36. The minimum absolute atomic E-state index is 0.0293. The maximum Gasteiger partial charge on any atom is 0.309 e. The highest BCUT2D eigenvalue weighted by atomic mass is 16.5. The van der Waals surface area contributed by atoms with Gasteiger partial charge in [-0.15, -0.1) is 0 Å². The number of cyclic esters (lactones) is 1. The molecule has 0 unspecified atom stereocenters. The van der Waals surface area contributed by atoms with Gasteiger partial charge < -0.3 is 4.74 Å². The van der Waals surface area contributed by atoms with Gasteiger partial charge in [0.15, 0.2) is 0 Å². The first-order valence-electron chi connectivity index (χ1n) is 5.37. The molecule has 1 saturated heterocycles. The van der Waals surface area contributed by atoms with Crippen molar-refractivity contribution < 1.29 is 9.53 Å². The number of carbonyl (C=O) groups excluding carboxylic acids is 1. The lowest BCUT2D eigenvalue weighted by Gasteiger charge is -2.15. The number of allylic oxidation sites excluding steroid dienone is 2. The number of rotatable bonds is 3. The normalized spacial score (nSPS) is 29.9. The standard InChI is InChI=1S/C12H20O2/c1-8(2)5-6-9(3)11-10(4)7-14-12(11)13/h5-6,8-11H,7H2,1-4H3/b6-5+/t9-,10-,11-/m0/s1. The van der Waals surface area contributed by atoms with Crippen LogP contribution in [-0.2, 0) is 9.53 Å². The SMILES string of the molecule is CC(C)/C=C/[C@H](C)[C@@H]1C(=O)OC[C@@H]1C. The van der Waals surface area contributed by atoms with E-state index in [-0.39, 0.29) is 11.9 Å². The molecule has 0 aliphatic carbocycles. The second-order valence-corrected chi connectivity index (χ2v) is 4.62. The predicted molar refractivity (Wildman–Crippen MR) is 56.8 cm³/mol. The summed E-state index contributed by atoms with van der Waals surface area (Å²) < 4.78 is 5.03. The van der Waals surface area contributed by atoms with Gasteiger partial charge in [0.25, 0.3) is 0 Å². The van der Waals surface area contributed by atoms with E-state index >= 15 is 0 Å². The Balaban J connectivity index is 2.59. The quantitative estimate of drug-likeness (QED) is 0.512. The molecule has 1 rings (SSSR count). The number of esters is 1. The molecule has 2 heteroatoms. The fourth-order valence-corrected chi connectivity index (χ4v) is 1.90. The summed E-state index contributed by atoms with van der Waals surface area (Å²) >= 11 is 0. The van der Waals surface area contributed by atoms with Crippen molar-refractivity contribution >= 4 is 5.97 Å². The van der Waals surface area contributed by atoms with Gasteiger partial charge >= 0.3 is 5.97 Å². The zero-order valence-electron chi connectivity index (χ0n) is 9.49. The average Bonchev–Trinajstić information content (AvgIpc) is 2.42. The van der Waals surface area contributed by atoms with E-state index in [0.29, 0.717) is 24.4 Å². The summed E-state index contributed by atoms with van der Waals surface area (Å²) in [6.45, 7) is 9.03. The number of carbonyl (C=O) groups is 1. The molecule has 0 N–H and O–H groups in total. The molecule has 0 spiro atoms. The molecule has 80 valence electrons. The van der Waals surface area contributed by atoms with Crippen LogP contribution in [0.1, 0.15) is 27.7 Å². The monoisotopic (exact) mass is 196 g/mol. The van der Waals surface area contributed by atoms with Crippen molar-refractivity contribution in [3.63, 3.8) is 0 Å². The molecule has 3 atom stereocenters. The van der Waals surface area contributed by atoms with Crippen LogP contribution in [0.15, 0.2) is 12.2 Å². The Morgan fingerprint density at radius 3 is 2.43 bits per heavy atom. The van der Waals surface area contributed by atoms with E-state index in [0.717, 1.165) is 0 Å². The molecule has 0 aromatic rings. The van der Waals surface area contributed by atoms with Crippen molar-refractivity contribution in [1.82, 2.24) is 0 Å². The fourth-order valence-electron chi connectivity index (χ4n) is 1.90. The Kier molecular flexibility index (Phi) is 3.73. The lowest BCUT2D eigenvalue weighted by molar-refractivity contribution is -0.142. The van der Waals surface area contributed by atoms with Crippen LogP contribution in [0.3, 0.4) is 0 Å². The summed E-state index contributed by atoms with van der Waals surface area (Å²) in [4.78, 5) is 11.4. The molecule has 0 saturated carbocycles. The van der Waals surface area contributed by atoms with Crippen molar-refractivity contribution in [2.45, 2.75) is 27.7 Å². The molecule has 1 aliphatic heterocycles. The number of hydrogen-bond acceptors (Lipinski definition) is 2. The maximum absolute atomic E-state index is 11.4. The van der Waals surface area contributed by atoms with Crippen LogP contribution in [-0.4, -0.2) is 12.6 Å². The van der Waals surface area contributed by atoms with Gasteiger partial charge in [-0.1, -0.05) is 39.8 Å². The van der Waals surface area contributed by atoms with Gasteiger partial charge in [-0.2, -0.15) is 0 Å². The van der Waals surface area contributed by atoms with Gasteiger partial charge in [-0.05, 0) is 11.8 Å². The van der Waals surface area contributed by atoms with Crippen LogP contribution in [0.5, 0.6) is 0 Å². The first kappa shape index (κ1) is 11.3. The van der Waals surface area contributed by atoms with Gasteiger partial charge in [0.2, 0.25) is 0 Å². The van der Waals surface area contributed by atoms with E-state index in [2.05, 4.69) is 39.8 Å². The summed E-state index contributed by atoms with van der Waals surface area (Å²) in [6.07, 6.45) is 4.29. The summed E-state index contributed by atoms with van der Waals surface area (Å²) in [5.41, 5.74) is 0. The van der Waals surface area contributed by atoms with E-state index in [1.165, 1.54) is 0 Å². The lowest BCUT2D eigenvalue weighted by atomic mass is 9.85. The van der Waals surface area contributed by atoms with Gasteiger partial charge in [0, 0.05) is 5.92 Å². The molecule has 0 aromatic carbocycles. The van der Waals surface area contributed by atoms with Crippen LogP contribution in [0.2, 0.25) is 0 Å². The molecule has 1 aliphatic rings. The van der Waals surface area contributed by atoms with Gasteiger partial charge in [0.05, 0.1) is 12.5 Å². The van der Waals surface area contributed by atoms with E-state index in [9.17, 15) is 4.79 Å². The number of ether oxygens (including phenoxy) is 1. The molecule has 1 heterocycles. The smallest absolute Gasteiger partial charge is 0.309 e. The Morgan fingerprint density at radius 1 is 1.36 bits per heavy atom. The number of hydrogen-bond donors (Lipinski definition) is 0. The summed E-state index contributed by atoms with van der Waals surface area (Å²) in [5.74, 6) is 1.23. The van der Waals surface area contributed by atoms with Crippen molar-refractivity contribution in [3.8, 4) is 0 Å². The Labute approximate surface area is 86.3 Å². The molecular formula is C12H20O2. The highest BCUT2D eigenvalue weighted by Crippen LogP contribution is 2.29. The fraction of sp³-hybridized carbons (Fsp3) is 0.750. The molecule has 0 radical (unpaired) electrons. The lowest BCUT2D eigenvalue weighted by Crippen LogP contribution is -2.20. The Hall–Kier alpha value is -0.790. The van der Waals surface area contributed by atoms with Crippen molar-refractivity contribution in [3.05, 3.63) is 12.2 Å². The van der Waals surface area contributed by atoms with Crippen LogP contribution in [0.25, 0.3) is 0 Å². The molecular weight excluding hydrogens is 176 g/mol.